The molecule has 216 valence electrons. The Hall–Kier alpha value is -3.06. The summed E-state index contributed by atoms with van der Waals surface area (Å²) in [5.41, 5.74) is 2.86. The first-order chi connectivity index (χ1) is 19.6. The second-order valence-electron chi connectivity index (χ2n) is 12.0. The van der Waals surface area contributed by atoms with Crippen LogP contribution in [0.5, 0.6) is 11.5 Å². The molecule has 2 bridgehead atoms. The van der Waals surface area contributed by atoms with Crippen LogP contribution in [0.2, 0.25) is 0 Å². The molecule has 2 aromatic rings. The molecule has 7 heteroatoms. The van der Waals surface area contributed by atoms with Gasteiger partial charge in [0.05, 0.1) is 31.8 Å². The fraction of sp³-hybridized carbons (Fsp3) is 0.441. The van der Waals surface area contributed by atoms with Crippen molar-refractivity contribution in [3.05, 3.63) is 88.0 Å². The lowest BCUT2D eigenvalue weighted by atomic mass is 9.73. The lowest BCUT2D eigenvalue weighted by Crippen LogP contribution is -2.48. The van der Waals surface area contributed by atoms with Crippen molar-refractivity contribution in [1.29, 1.82) is 0 Å². The third-order valence-corrected chi connectivity index (χ3v) is 9.37. The summed E-state index contributed by atoms with van der Waals surface area (Å²) in [5, 5.41) is 12.4. The average Bonchev–Trinajstić information content (AvgIpc) is 3.51. The summed E-state index contributed by atoms with van der Waals surface area (Å²) in [7, 11) is 1.62. The molecule has 0 aromatic heterocycles. The van der Waals surface area contributed by atoms with Crippen LogP contribution in [-0.2, 0) is 21.6 Å². The number of carbonyl (C=O) groups excluding carboxylic acids is 1. The maximum absolute atomic E-state index is 13.9. The molecule has 3 heterocycles. The average molecular weight is 576 g/mol. The fourth-order valence-electron chi connectivity index (χ4n) is 6.96. The molecule has 1 unspecified atom stereocenters. The van der Waals surface area contributed by atoms with Crippen LogP contribution < -0.4 is 14.4 Å². The van der Waals surface area contributed by atoms with Crippen LogP contribution >= 0.6 is 11.6 Å². The molecule has 6 rings (SSSR count). The molecule has 4 aliphatic rings. The summed E-state index contributed by atoms with van der Waals surface area (Å²) in [6, 6.07) is 11.4. The Kier molecular flexibility index (Phi) is 7.29. The van der Waals surface area contributed by atoms with Gasteiger partial charge in [-0.15, -0.1) is 0 Å². The van der Waals surface area contributed by atoms with Gasteiger partial charge >= 0.3 is 0 Å². The number of carbonyl (C=O) groups is 1. The first kappa shape index (κ1) is 28.1. The molecule has 3 aliphatic heterocycles. The van der Waals surface area contributed by atoms with E-state index >= 15 is 0 Å². The number of methoxy groups -OCH3 is 1. The summed E-state index contributed by atoms with van der Waals surface area (Å²) in [5.74, 6) is 1.25. The quantitative estimate of drug-likeness (QED) is 0.383. The smallest absolute Gasteiger partial charge is 0.232 e. The number of allylic oxidation sites excluding steroid dienone is 5. The van der Waals surface area contributed by atoms with Gasteiger partial charge in [0.25, 0.3) is 0 Å². The van der Waals surface area contributed by atoms with E-state index in [4.69, 9.17) is 25.8 Å². The van der Waals surface area contributed by atoms with Gasteiger partial charge in [-0.05, 0) is 112 Å². The highest BCUT2D eigenvalue weighted by atomic mass is 35.5. The monoisotopic (exact) mass is 575 g/mol. The number of anilines is 1. The summed E-state index contributed by atoms with van der Waals surface area (Å²) in [4.78, 5) is 15.8. The van der Waals surface area contributed by atoms with Gasteiger partial charge in [0.1, 0.15) is 11.2 Å². The molecule has 6 nitrogen and oxygen atoms in total. The van der Waals surface area contributed by atoms with E-state index < -0.39 is 11.2 Å². The number of rotatable bonds is 7. The van der Waals surface area contributed by atoms with Crippen LogP contribution in [0.25, 0.3) is 0 Å². The van der Waals surface area contributed by atoms with Crippen molar-refractivity contribution in [2.75, 3.05) is 12.0 Å². The van der Waals surface area contributed by atoms with Gasteiger partial charge in [-0.3, -0.25) is 4.79 Å². The minimum absolute atomic E-state index is 0.0119. The van der Waals surface area contributed by atoms with Crippen LogP contribution in [0.4, 0.5) is 5.69 Å². The summed E-state index contributed by atoms with van der Waals surface area (Å²) < 4.78 is 18.1. The lowest BCUT2D eigenvalue weighted by Gasteiger charge is -2.41. The molecule has 0 spiro atoms. The molecule has 2 saturated heterocycles. The number of ether oxygens (including phenoxy) is 3. The molecule has 1 amide bonds. The molecule has 2 aromatic carbocycles. The van der Waals surface area contributed by atoms with E-state index in [9.17, 15) is 9.90 Å². The lowest BCUT2D eigenvalue weighted by molar-refractivity contribution is -0.146. The molecule has 0 radical (unpaired) electrons. The normalized spacial score (nSPS) is 26.8. The van der Waals surface area contributed by atoms with E-state index in [0.29, 0.717) is 23.0 Å². The van der Waals surface area contributed by atoms with Gasteiger partial charge in [0.2, 0.25) is 5.91 Å². The van der Waals surface area contributed by atoms with Crippen molar-refractivity contribution in [3.63, 3.8) is 0 Å². The minimum Gasteiger partial charge on any atom is -0.493 e. The van der Waals surface area contributed by atoms with E-state index in [0.717, 1.165) is 53.6 Å². The van der Waals surface area contributed by atoms with Crippen molar-refractivity contribution in [2.45, 2.75) is 88.7 Å². The van der Waals surface area contributed by atoms with E-state index in [2.05, 4.69) is 0 Å². The Morgan fingerprint density at radius 1 is 1.12 bits per heavy atom. The predicted molar refractivity (Wildman–Crippen MR) is 161 cm³/mol. The van der Waals surface area contributed by atoms with Crippen LogP contribution in [0, 0.1) is 0 Å². The predicted octanol–water partition coefficient (Wildman–Crippen LogP) is 7.04. The standard InChI is InChI=1S/C34H38ClNO5/c1-21(2)40-30-20-28-23(18-29(30)39-4)19-31(37)36(32(28)22-6-5-7-25(35)11-8-22)26-12-9-24(10-13-26)33(3,38)34-16-14-27(41-34)15-17-34/h5,7-13,18,20-21,27,32,38H,6,14-17,19H2,1-4H3/t27?,32-,33?,34?/m0/s1. The number of aliphatic hydroxyl groups is 1. The Morgan fingerprint density at radius 3 is 2.49 bits per heavy atom. The van der Waals surface area contributed by atoms with Crippen LogP contribution in [0.1, 0.15) is 75.6 Å². The Morgan fingerprint density at radius 2 is 1.85 bits per heavy atom. The van der Waals surface area contributed by atoms with Crippen LogP contribution in [0.3, 0.4) is 0 Å². The largest absolute Gasteiger partial charge is 0.493 e. The molecular formula is C34H38ClNO5. The van der Waals surface area contributed by atoms with Crippen molar-refractivity contribution in [1.82, 2.24) is 0 Å². The SMILES string of the molecule is COc1cc2c(cc1OC(C)C)[C@H](C1=CC=C(Cl)C=CC1)N(c1ccc(C(C)(O)C34CCC(CC3)O4)cc1)C(=O)C2. The van der Waals surface area contributed by atoms with Crippen LogP contribution in [0.15, 0.2) is 71.3 Å². The Bertz CT molecular complexity index is 1430. The van der Waals surface area contributed by atoms with Gasteiger partial charge in [-0.25, -0.2) is 0 Å². The fourth-order valence-corrected chi connectivity index (χ4v) is 7.12. The zero-order valence-electron chi connectivity index (χ0n) is 24.2. The molecule has 0 saturated carbocycles. The number of fused-ring (bicyclic) bond motifs is 3. The number of amides is 1. The number of hydrogen-bond acceptors (Lipinski definition) is 5. The topological polar surface area (TPSA) is 68.2 Å². The second kappa shape index (κ2) is 10.6. The van der Waals surface area contributed by atoms with Gasteiger partial charge in [0, 0.05) is 10.7 Å². The van der Waals surface area contributed by atoms with Gasteiger partial charge in [0.15, 0.2) is 11.5 Å². The molecule has 2 atom stereocenters. The van der Waals surface area contributed by atoms with Crippen molar-refractivity contribution in [3.8, 4) is 11.5 Å². The first-order valence-electron chi connectivity index (χ1n) is 14.5. The highest BCUT2D eigenvalue weighted by Crippen LogP contribution is 2.53. The summed E-state index contributed by atoms with van der Waals surface area (Å²) >= 11 is 6.35. The second-order valence-corrected chi connectivity index (χ2v) is 12.5. The zero-order chi connectivity index (χ0) is 28.9. The molecule has 2 fully saturated rings. The highest BCUT2D eigenvalue weighted by Gasteiger charge is 2.57. The maximum atomic E-state index is 13.9. The molecular weight excluding hydrogens is 538 g/mol. The minimum atomic E-state index is -1.12. The first-order valence-corrected chi connectivity index (χ1v) is 14.9. The van der Waals surface area contributed by atoms with Crippen molar-refractivity contribution in [2.24, 2.45) is 0 Å². The summed E-state index contributed by atoms with van der Waals surface area (Å²) in [6.07, 6.45) is 12.6. The molecule has 1 aliphatic carbocycles. The zero-order valence-corrected chi connectivity index (χ0v) is 24.9. The third-order valence-electron chi connectivity index (χ3n) is 9.12. The summed E-state index contributed by atoms with van der Waals surface area (Å²) in [6.45, 7) is 5.83. The number of hydrogen-bond donors (Lipinski definition) is 1. The van der Waals surface area contributed by atoms with E-state index in [1.807, 2.05) is 86.4 Å². The molecule has 1 N–H and O–H groups in total. The number of halogens is 1. The Balaban J connectivity index is 1.43. The maximum Gasteiger partial charge on any atom is 0.232 e. The van der Waals surface area contributed by atoms with E-state index in [-0.39, 0.29) is 30.6 Å². The number of benzene rings is 2. The third kappa shape index (κ3) is 4.90. The van der Waals surface area contributed by atoms with E-state index in [1.165, 1.54) is 0 Å². The van der Waals surface area contributed by atoms with Gasteiger partial charge in [-0.2, -0.15) is 0 Å². The van der Waals surface area contributed by atoms with Gasteiger partial charge in [-0.1, -0.05) is 35.9 Å². The highest BCUT2D eigenvalue weighted by molar-refractivity contribution is 6.31. The number of nitrogens with zero attached hydrogens (tertiary/aromatic N) is 1. The van der Waals surface area contributed by atoms with Crippen molar-refractivity contribution < 1.29 is 24.1 Å². The molecule has 41 heavy (non-hydrogen) atoms. The van der Waals surface area contributed by atoms with E-state index in [1.54, 1.807) is 7.11 Å². The van der Waals surface area contributed by atoms with Crippen molar-refractivity contribution >= 4 is 23.2 Å². The van der Waals surface area contributed by atoms with Gasteiger partial charge < -0.3 is 24.2 Å². The Labute approximate surface area is 247 Å². The van der Waals surface area contributed by atoms with Crippen LogP contribution in [-0.4, -0.2) is 35.9 Å².